The van der Waals surface area contributed by atoms with E-state index in [4.69, 9.17) is 0 Å². The predicted molar refractivity (Wildman–Crippen MR) is 57.8 cm³/mol. The van der Waals surface area contributed by atoms with Crippen LogP contribution in [-0.4, -0.2) is 23.3 Å². The number of hydrogen-bond donors (Lipinski definition) is 2. The molecule has 0 aliphatic rings. The number of rotatable bonds is 5. The Kier molecular flexibility index (Phi) is 4.93. The first kappa shape index (κ1) is 12.9. The van der Waals surface area contributed by atoms with E-state index >= 15 is 0 Å². The molecule has 0 fully saturated rings. The molecule has 0 rings (SSSR count). The molecular formula is C11H25NO. The van der Waals surface area contributed by atoms with E-state index in [9.17, 15) is 5.11 Å². The van der Waals surface area contributed by atoms with Crippen molar-refractivity contribution in [1.29, 1.82) is 0 Å². The van der Waals surface area contributed by atoms with Gasteiger partial charge in [-0.2, -0.15) is 0 Å². The summed E-state index contributed by atoms with van der Waals surface area (Å²) in [5, 5.41) is 13.0. The highest BCUT2D eigenvalue weighted by molar-refractivity contribution is 4.80. The minimum atomic E-state index is -0.628. The molecule has 0 radical (unpaired) electrons. The average molecular weight is 187 g/mol. The van der Waals surface area contributed by atoms with Crippen LogP contribution in [0.5, 0.6) is 0 Å². The van der Waals surface area contributed by atoms with Crippen molar-refractivity contribution in [3.8, 4) is 0 Å². The molecule has 0 heterocycles. The zero-order valence-electron chi connectivity index (χ0n) is 9.89. The number of nitrogens with one attached hydrogen (secondary N) is 1. The maximum atomic E-state index is 9.68. The molecule has 0 saturated heterocycles. The zero-order chi connectivity index (χ0) is 10.6. The van der Waals surface area contributed by atoms with Crippen molar-refractivity contribution >= 4 is 0 Å². The smallest absolute Gasteiger partial charge is 0.0741 e. The van der Waals surface area contributed by atoms with Gasteiger partial charge in [-0.1, -0.05) is 20.8 Å². The molecule has 2 atom stereocenters. The molecule has 2 N–H and O–H groups in total. The van der Waals surface area contributed by atoms with Crippen molar-refractivity contribution in [3.05, 3.63) is 0 Å². The van der Waals surface area contributed by atoms with Crippen LogP contribution >= 0.6 is 0 Å². The van der Waals surface area contributed by atoms with Crippen LogP contribution in [0.4, 0.5) is 0 Å². The number of aliphatic hydroxyl groups is 1. The molecule has 2 nitrogen and oxygen atoms in total. The van der Waals surface area contributed by atoms with Crippen LogP contribution in [0.3, 0.4) is 0 Å². The second kappa shape index (κ2) is 4.97. The topological polar surface area (TPSA) is 32.3 Å². The van der Waals surface area contributed by atoms with Crippen molar-refractivity contribution in [2.45, 2.75) is 53.2 Å². The lowest BCUT2D eigenvalue weighted by molar-refractivity contribution is 0.0424. The van der Waals surface area contributed by atoms with E-state index in [1.807, 2.05) is 20.8 Å². The summed E-state index contributed by atoms with van der Waals surface area (Å²) >= 11 is 0. The summed E-state index contributed by atoms with van der Waals surface area (Å²) in [6.07, 6.45) is 0. The molecule has 0 aromatic carbocycles. The van der Waals surface area contributed by atoms with Gasteiger partial charge in [0, 0.05) is 6.04 Å². The van der Waals surface area contributed by atoms with E-state index in [0.29, 0.717) is 11.8 Å². The van der Waals surface area contributed by atoms with Crippen molar-refractivity contribution in [2.24, 2.45) is 11.8 Å². The molecule has 2 unspecified atom stereocenters. The standard InChI is InChI=1S/C11H25NO/c1-8(2)9(3)7-12-10(4)11(5,6)13/h8-10,12-13H,7H2,1-6H3. The predicted octanol–water partition coefficient (Wildman–Crippen LogP) is 2.03. The van der Waals surface area contributed by atoms with Gasteiger partial charge in [-0.3, -0.25) is 0 Å². The Morgan fingerprint density at radius 1 is 1.15 bits per heavy atom. The highest BCUT2D eigenvalue weighted by Gasteiger charge is 2.22. The van der Waals surface area contributed by atoms with Gasteiger partial charge in [0.1, 0.15) is 0 Å². The van der Waals surface area contributed by atoms with Crippen LogP contribution in [0, 0.1) is 11.8 Å². The lowest BCUT2D eigenvalue weighted by Crippen LogP contribution is -2.46. The summed E-state index contributed by atoms with van der Waals surface area (Å²) in [4.78, 5) is 0. The monoisotopic (exact) mass is 187 g/mol. The molecule has 13 heavy (non-hydrogen) atoms. The first-order valence-electron chi connectivity index (χ1n) is 5.21. The van der Waals surface area contributed by atoms with E-state index in [-0.39, 0.29) is 6.04 Å². The van der Waals surface area contributed by atoms with Gasteiger partial charge >= 0.3 is 0 Å². The van der Waals surface area contributed by atoms with Gasteiger partial charge in [-0.15, -0.1) is 0 Å². The molecule has 0 aromatic heterocycles. The van der Waals surface area contributed by atoms with Crippen molar-refractivity contribution in [1.82, 2.24) is 5.32 Å². The quantitative estimate of drug-likeness (QED) is 0.690. The third kappa shape index (κ3) is 5.27. The van der Waals surface area contributed by atoms with E-state index in [1.165, 1.54) is 0 Å². The molecule has 0 aliphatic carbocycles. The van der Waals surface area contributed by atoms with E-state index < -0.39 is 5.60 Å². The van der Waals surface area contributed by atoms with Gasteiger partial charge in [0.25, 0.3) is 0 Å². The van der Waals surface area contributed by atoms with Crippen LogP contribution in [0.1, 0.15) is 41.5 Å². The van der Waals surface area contributed by atoms with Crippen molar-refractivity contribution in [2.75, 3.05) is 6.54 Å². The Morgan fingerprint density at radius 3 is 1.92 bits per heavy atom. The summed E-state index contributed by atoms with van der Waals surface area (Å²) in [7, 11) is 0. The molecule has 0 saturated carbocycles. The summed E-state index contributed by atoms with van der Waals surface area (Å²) in [5.74, 6) is 1.35. The lowest BCUT2D eigenvalue weighted by Gasteiger charge is -2.28. The maximum absolute atomic E-state index is 9.68. The van der Waals surface area contributed by atoms with Crippen molar-refractivity contribution < 1.29 is 5.11 Å². The Hall–Kier alpha value is -0.0800. The average Bonchev–Trinajstić information content (AvgIpc) is 1.97. The molecule has 0 spiro atoms. The second-order valence-corrected chi connectivity index (χ2v) is 5.00. The van der Waals surface area contributed by atoms with Crippen LogP contribution in [0.15, 0.2) is 0 Å². The van der Waals surface area contributed by atoms with Gasteiger partial charge in [0.05, 0.1) is 5.60 Å². The maximum Gasteiger partial charge on any atom is 0.0741 e. The van der Waals surface area contributed by atoms with E-state index in [0.717, 1.165) is 6.54 Å². The van der Waals surface area contributed by atoms with E-state index in [2.05, 4.69) is 26.1 Å². The first-order chi connectivity index (χ1) is 5.75. The molecule has 0 bridgehead atoms. The highest BCUT2D eigenvalue weighted by atomic mass is 16.3. The molecular weight excluding hydrogens is 162 g/mol. The second-order valence-electron chi connectivity index (χ2n) is 5.00. The van der Waals surface area contributed by atoms with Crippen LogP contribution in [-0.2, 0) is 0 Å². The van der Waals surface area contributed by atoms with Crippen LogP contribution in [0.25, 0.3) is 0 Å². The molecule has 0 amide bonds. The molecule has 2 heteroatoms. The summed E-state index contributed by atoms with van der Waals surface area (Å²) in [5.41, 5.74) is -0.628. The van der Waals surface area contributed by atoms with Gasteiger partial charge in [0.15, 0.2) is 0 Å². The summed E-state index contributed by atoms with van der Waals surface area (Å²) < 4.78 is 0. The fraction of sp³-hybridized carbons (Fsp3) is 1.00. The molecule has 0 aliphatic heterocycles. The van der Waals surface area contributed by atoms with Crippen LogP contribution in [0.2, 0.25) is 0 Å². The normalized spacial score (nSPS) is 17.5. The van der Waals surface area contributed by atoms with Crippen LogP contribution < -0.4 is 5.32 Å². The summed E-state index contributed by atoms with van der Waals surface area (Å²) in [6.45, 7) is 13.3. The van der Waals surface area contributed by atoms with Gasteiger partial charge in [-0.05, 0) is 39.2 Å². The Bertz CT molecular complexity index is 138. The lowest BCUT2D eigenvalue weighted by atomic mass is 9.96. The molecule has 0 aromatic rings. The highest BCUT2D eigenvalue weighted by Crippen LogP contribution is 2.11. The third-order valence-corrected chi connectivity index (χ3v) is 2.94. The minimum Gasteiger partial charge on any atom is -0.389 e. The summed E-state index contributed by atoms with van der Waals surface area (Å²) in [6, 6.07) is 0.147. The first-order valence-corrected chi connectivity index (χ1v) is 5.21. The zero-order valence-corrected chi connectivity index (χ0v) is 9.89. The Labute approximate surface area is 82.7 Å². The fourth-order valence-corrected chi connectivity index (χ4v) is 0.848. The minimum absolute atomic E-state index is 0.147. The largest absolute Gasteiger partial charge is 0.389 e. The Balaban J connectivity index is 3.77. The van der Waals surface area contributed by atoms with Gasteiger partial charge in [0.2, 0.25) is 0 Å². The van der Waals surface area contributed by atoms with Gasteiger partial charge in [-0.25, -0.2) is 0 Å². The molecule has 80 valence electrons. The van der Waals surface area contributed by atoms with Gasteiger partial charge < -0.3 is 10.4 Å². The fourth-order valence-electron chi connectivity index (χ4n) is 0.848. The number of hydrogen-bond acceptors (Lipinski definition) is 2. The Morgan fingerprint density at radius 2 is 1.62 bits per heavy atom. The third-order valence-electron chi connectivity index (χ3n) is 2.94. The SMILES string of the molecule is CC(C)C(C)CNC(C)C(C)(C)O. The van der Waals surface area contributed by atoms with Crippen molar-refractivity contribution in [3.63, 3.8) is 0 Å². The van der Waals surface area contributed by atoms with E-state index in [1.54, 1.807) is 0 Å².